The SMILES string of the molecule is CC(C)C(=O)N1CCc2ccc(NC(=O)Nc3cccc(C(F)(F)F)c3)cc2C1. The van der Waals surface area contributed by atoms with Crippen molar-refractivity contribution in [3.63, 3.8) is 0 Å². The lowest BCUT2D eigenvalue weighted by atomic mass is 9.98. The Morgan fingerprint density at radius 1 is 1.00 bits per heavy atom. The van der Waals surface area contributed by atoms with Gasteiger partial charge in [-0.25, -0.2) is 4.79 Å². The maximum Gasteiger partial charge on any atom is 0.416 e. The van der Waals surface area contributed by atoms with Crippen LogP contribution in [0.1, 0.15) is 30.5 Å². The molecule has 154 valence electrons. The average Bonchev–Trinajstić information content (AvgIpc) is 2.66. The van der Waals surface area contributed by atoms with Crippen LogP contribution in [0.3, 0.4) is 0 Å². The zero-order valence-electron chi connectivity index (χ0n) is 16.1. The molecule has 2 N–H and O–H groups in total. The number of hydrogen-bond donors (Lipinski definition) is 2. The molecule has 0 bridgehead atoms. The summed E-state index contributed by atoms with van der Waals surface area (Å²) in [5.41, 5.74) is 1.78. The van der Waals surface area contributed by atoms with E-state index in [1.54, 1.807) is 17.0 Å². The fraction of sp³-hybridized carbons (Fsp3) is 0.333. The van der Waals surface area contributed by atoms with Crippen LogP contribution in [0, 0.1) is 5.92 Å². The lowest BCUT2D eigenvalue weighted by Crippen LogP contribution is -2.38. The summed E-state index contributed by atoms with van der Waals surface area (Å²) in [5, 5.41) is 5.04. The zero-order chi connectivity index (χ0) is 21.2. The molecule has 3 rings (SSSR count). The number of carbonyl (C=O) groups excluding carboxylic acids is 2. The molecule has 0 aliphatic carbocycles. The minimum atomic E-state index is -4.48. The van der Waals surface area contributed by atoms with Gasteiger partial charge in [-0.3, -0.25) is 4.79 Å². The van der Waals surface area contributed by atoms with Gasteiger partial charge in [0.05, 0.1) is 5.56 Å². The van der Waals surface area contributed by atoms with Crippen LogP contribution in [0.4, 0.5) is 29.3 Å². The Hall–Kier alpha value is -3.03. The summed E-state index contributed by atoms with van der Waals surface area (Å²) in [6.07, 6.45) is -3.74. The second kappa shape index (κ2) is 8.14. The number of nitrogens with zero attached hydrogens (tertiary/aromatic N) is 1. The topological polar surface area (TPSA) is 61.4 Å². The maximum atomic E-state index is 12.8. The van der Waals surface area contributed by atoms with Gasteiger partial charge in [-0.1, -0.05) is 26.0 Å². The van der Waals surface area contributed by atoms with E-state index in [0.717, 1.165) is 29.7 Å². The van der Waals surface area contributed by atoms with Crippen molar-refractivity contribution in [3.05, 3.63) is 59.2 Å². The molecule has 0 saturated heterocycles. The van der Waals surface area contributed by atoms with Gasteiger partial charge in [-0.05, 0) is 47.9 Å². The highest BCUT2D eigenvalue weighted by Gasteiger charge is 2.30. The number of amides is 3. The van der Waals surface area contributed by atoms with E-state index < -0.39 is 17.8 Å². The van der Waals surface area contributed by atoms with Crippen molar-refractivity contribution < 1.29 is 22.8 Å². The first-order chi connectivity index (χ1) is 13.6. The number of urea groups is 1. The van der Waals surface area contributed by atoms with E-state index in [2.05, 4.69) is 10.6 Å². The molecule has 0 saturated carbocycles. The van der Waals surface area contributed by atoms with Crippen LogP contribution in [0.2, 0.25) is 0 Å². The van der Waals surface area contributed by atoms with Gasteiger partial charge in [0.1, 0.15) is 0 Å². The van der Waals surface area contributed by atoms with Crippen molar-refractivity contribution in [2.24, 2.45) is 5.92 Å². The highest BCUT2D eigenvalue weighted by atomic mass is 19.4. The average molecular weight is 405 g/mol. The van der Waals surface area contributed by atoms with Crippen LogP contribution in [-0.2, 0) is 23.9 Å². The summed E-state index contributed by atoms with van der Waals surface area (Å²) in [4.78, 5) is 26.2. The number of benzene rings is 2. The molecule has 0 atom stereocenters. The number of fused-ring (bicyclic) bond motifs is 1. The number of anilines is 2. The monoisotopic (exact) mass is 405 g/mol. The molecule has 2 aromatic carbocycles. The molecule has 0 fully saturated rings. The lowest BCUT2D eigenvalue weighted by molar-refractivity contribution is -0.137. The summed E-state index contributed by atoms with van der Waals surface area (Å²) in [6, 6.07) is 9.22. The number of rotatable bonds is 3. The summed E-state index contributed by atoms with van der Waals surface area (Å²) < 4.78 is 38.4. The Labute approximate surface area is 166 Å². The molecule has 1 aliphatic rings. The molecule has 0 spiro atoms. The first-order valence-electron chi connectivity index (χ1n) is 9.29. The van der Waals surface area contributed by atoms with Crippen LogP contribution < -0.4 is 10.6 Å². The van der Waals surface area contributed by atoms with Crippen molar-refractivity contribution in [2.75, 3.05) is 17.2 Å². The van der Waals surface area contributed by atoms with E-state index >= 15 is 0 Å². The van der Waals surface area contributed by atoms with Crippen molar-refractivity contribution in [1.29, 1.82) is 0 Å². The summed E-state index contributed by atoms with van der Waals surface area (Å²) >= 11 is 0. The first-order valence-corrected chi connectivity index (χ1v) is 9.29. The molecular weight excluding hydrogens is 383 g/mol. The third-order valence-corrected chi connectivity index (χ3v) is 4.73. The maximum absolute atomic E-state index is 12.8. The number of nitrogens with one attached hydrogen (secondary N) is 2. The van der Waals surface area contributed by atoms with Crippen LogP contribution >= 0.6 is 0 Å². The molecule has 29 heavy (non-hydrogen) atoms. The molecule has 0 unspecified atom stereocenters. The number of carbonyl (C=O) groups is 2. The van der Waals surface area contributed by atoms with Crippen molar-refractivity contribution in [2.45, 2.75) is 33.0 Å². The van der Waals surface area contributed by atoms with E-state index in [-0.39, 0.29) is 17.5 Å². The van der Waals surface area contributed by atoms with Gasteiger partial charge in [0.2, 0.25) is 5.91 Å². The molecule has 0 radical (unpaired) electrons. The van der Waals surface area contributed by atoms with E-state index in [9.17, 15) is 22.8 Å². The predicted molar refractivity (Wildman–Crippen MR) is 104 cm³/mol. The van der Waals surface area contributed by atoms with Crippen LogP contribution in [0.5, 0.6) is 0 Å². The number of alkyl halides is 3. The van der Waals surface area contributed by atoms with Crippen LogP contribution in [0.25, 0.3) is 0 Å². The van der Waals surface area contributed by atoms with E-state index in [1.165, 1.54) is 12.1 Å². The van der Waals surface area contributed by atoms with Crippen molar-refractivity contribution in [1.82, 2.24) is 4.90 Å². The van der Waals surface area contributed by atoms with Crippen LogP contribution in [0.15, 0.2) is 42.5 Å². The van der Waals surface area contributed by atoms with Gasteiger partial charge in [0.15, 0.2) is 0 Å². The molecule has 1 aliphatic heterocycles. The van der Waals surface area contributed by atoms with Gasteiger partial charge in [-0.15, -0.1) is 0 Å². The summed E-state index contributed by atoms with van der Waals surface area (Å²) in [6.45, 7) is 4.84. The fourth-order valence-electron chi connectivity index (χ4n) is 3.25. The zero-order valence-corrected chi connectivity index (χ0v) is 16.1. The normalized spacial score (nSPS) is 13.8. The minimum Gasteiger partial charge on any atom is -0.338 e. The van der Waals surface area contributed by atoms with Gasteiger partial charge in [0.25, 0.3) is 0 Å². The molecule has 8 heteroatoms. The molecule has 1 heterocycles. The lowest BCUT2D eigenvalue weighted by Gasteiger charge is -2.30. The Balaban J connectivity index is 1.68. The third-order valence-electron chi connectivity index (χ3n) is 4.73. The fourth-order valence-corrected chi connectivity index (χ4v) is 3.25. The van der Waals surface area contributed by atoms with Gasteiger partial charge in [0, 0.05) is 30.4 Å². The predicted octanol–water partition coefficient (Wildman–Crippen LogP) is 4.89. The Morgan fingerprint density at radius 3 is 2.34 bits per heavy atom. The first kappa shape index (κ1) is 20.7. The summed E-state index contributed by atoms with van der Waals surface area (Å²) in [7, 11) is 0. The molecule has 3 amide bonds. The van der Waals surface area contributed by atoms with E-state index in [4.69, 9.17) is 0 Å². The Kier molecular flexibility index (Phi) is 5.81. The smallest absolute Gasteiger partial charge is 0.338 e. The van der Waals surface area contributed by atoms with Crippen LogP contribution in [-0.4, -0.2) is 23.4 Å². The summed E-state index contributed by atoms with van der Waals surface area (Å²) in [5.74, 6) is -0.00704. The highest BCUT2D eigenvalue weighted by Crippen LogP contribution is 2.30. The molecule has 0 aromatic heterocycles. The Bertz CT molecular complexity index is 926. The van der Waals surface area contributed by atoms with Gasteiger partial charge >= 0.3 is 12.2 Å². The van der Waals surface area contributed by atoms with Crippen molar-refractivity contribution >= 4 is 23.3 Å². The quantitative estimate of drug-likeness (QED) is 0.764. The van der Waals surface area contributed by atoms with E-state index in [1.807, 2.05) is 19.9 Å². The molecule has 5 nitrogen and oxygen atoms in total. The van der Waals surface area contributed by atoms with Gasteiger partial charge in [-0.2, -0.15) is 13.2 Å². The van der Waals surface area contributed by atoms with Crippen molar-refractivity contribution in [3.8, 4) is 0 Å². The number of halogens is 3. The molecule has 2 aromatic rings. The highest BCUT2D eigenvalue weighted by molar-refractivity contribution is 5.99. The standard InChI is InChI=1S/C21H22F3N3O2/c1-13(2)19(28)27-9-8-14-6-7-18(10-15(14)12-27)26-20(29)25-17-5-3-4-16(11-17)21(22,23)24/h3-7,10-11,13H,8-9,12H2,1-2H3,(H2,25,26,29). The van der Waals surface area contributed by atoms with Gasteiger partial charge < -0.3 is 15.5 Å². The minimum absolute atomic E-state index is 0.0454. The number of hydrogen-bond acceptors (Lipinski definition) is 2. The van der Waals surface area contributed by atoms with E-state index in [0.29, 0.717) is 18.8 Å². The third kappa shape index (κ3) is 5.07. The Morgan fingerprint density at radius 2 is 1.69 bits per heavy atom. The molecular formula is C21H22F3N3O2. The second-order valence-corrected chi connectivity index (χ2v) is 7.31. The largest absolute Gasteiger partial charge is 0.416 e. The second-order valence-electron chi connectivity index (χ2n) is 7.31.